The van der Waals surface area contributed by atoms with Crippen LogP contribution in [0.1, 0.15) is 48.9 Å². The van der Waals surface area contributed by atoms with Crippen molar-refractivity contribution in [1.29, 1.82) is 0 Å². The summed E-state index contributed by atoms with van der Waals surface area (Å²) < 4.78 is 5.56. The lowest BCUT2D eigenvalue weighted by Gasteiger charge is -2.43. The van der Waals surface area contributed by atoms with Gasteiger partial charge in [-0.15, -0.1) is 0 Å². The van der Waals surface area contributed by atoms with Crippen LogP contribution in [0.3, 0.4) is 0 Å². The standard InChI is InChI=1S/C21H32N2O2S/c1-25-14-19-13-23(20(24)18-6-11-26-15-18)16-21(19)7-9-22(10-8-21)12-17-4-2-3-5-17/h6,11,15,17,19H,2-5,7-10,12-14,16H2,1H3. The Labute approximate surface area is 161 Å². The van der Waals surface area contributed by atoms with E-state index in [-0.39, 0.29) is 11.3 Å². The molecule has 1 saturated carbocycles. The summed E-state index contributed by atoms with van der Waals surface area (Å²) in [6.45, 7) is 6.21. The maximum absolute atomic E-state index is 12.9. The summed E-state index contributed by atoms with van der Waals surface area (Å²) in [5.74, 6) is 1.61. The van der Waals surface area contributed by atoms with Gasteiger partial charge in [-0.1, -0.05) is 12.8 Å². The molecule has 2 saturated heterocycles. The van der Waals surface area contributed by atoms with E-state index < -0.39 is 0 Å². The van der Waals surface area contributed by atoms with Gasteiger partial charge in [0.05, 0.1) is 12.2 Å². The Morgan fingerprint density at radius 2 is 2.08 bits per heavy atom. The summed E-state index contributed by atoms with van der Waals surface area (Å²) in [6.07, 6.45) is 8.13. The summed E-state index contributed by atoms with van der Waals surface area (Å²) in [5.41, 5.74) is 1.11. The fourth-order valence-corrected chi connectivity index (χ4v) is 6.12. The molecule has 4 nitrogen and oxygen atoms in total. The third-order valence-corrected chi connectivity index (χ3v) is 7.76. The molecule has 1 amide bonds. The summed E-state index contributed by atoms with van der Waals surface area (Å²) in [6, 6.07) is 1.95. The molecular weight excluding hydrogens is 344 g/mol. The topological polar surface area (TPSA) is 32.8 Å². The van der Waals surface area contributed by atoms with Crippen molar-refractivity contribution in [2.24, 2.45) is 17.3 Å². The molecule has 0 bridgehead atoms. The van der Waals surface area contributed by atoms with Crippen molar-refractivity contribution in [3.63, 3.8) is 0 Å². The van der Waals surface area contributed by atoms with Crippen molar-refractivity contribution in [2.45, 2.75) is 38.5 Å². The van der Waals surface area contributed by atoms with Gasteiger partial charge in [-0.2, -0.15) is 11.3 Å². The van der Waals surface area contributed by atoms with Gasteiger partial charge in [0.2, 0.25) is 0 Å². The molecule has 1 aliphatic carbocycles. The minimum absolute atomic E-state index is 0.206. The number of methoxy groups -OCH3 is 1. The van der Waals surface area contributed by atoms with Crippen LogP contribution in [0.25, 0.3) is 0 Å². The predicted octanol–water partition coefficient (Wildman–Crippen LogP) is 3.74. The molecule has 4 rings (SSSR count). The van der Waals surface area contributed by atoms with Gasteiger partial charge in [0.25, 0.3) is 5.91 Å². The summed E-state index contributed by atoms with van der Waals surface area (Å²) in [7, 11) is 1.80. The van der Waals surface area contributed by atoms with Crippen LogP contribution in [0.4, 0.5) is 0 Å². The normalized spacial score (nSPS) is 26.8. The van der Waals surface area contributed by atoms with Crippen LogP contribution >= 0.6 is 11.3 Å². The molecule has 26 heavy (non-hydrogen) atoms. The highest BCUT2D eigenvalue weighted by atomic mass is 32.1. The lowest BCUT2D eigenvalue weighted by atomic mass is 9.71. The maximum atomic E-state index is 12.9. The first kappa shape index (κ1) is 18.5. The fourth-order valence-electron chi connectivity index (χ4n) is 5.49. The number of rotatable bonds is 5. The fraction of sp³-hybridized carbons (Fsp3) is 0.762. The summed E-state index contributed by atoms with van der Waals surface area (Å²) in [4.78, 5) is 17.6. The average Bonchev–Trinajstić information content (AvgIpc) is 3.40. The highest BCUT2D eigenvalue weighted by Gasteiger charge is 2.49. The van der Waals surface area contributed by atoms with Gasteiger partial charge >= 0.3 is 0 Å². The second kappa shape index (κ2) is 7.99. The number of nitrogens with zero attached hydrogens (tertiary/aromatic N) is 2. The van der Waals surface area contributed by atoms with Gasteiger partial charge in [0, 0.05) is 38.0 Å². The molecule has 2 aliphatic heterocycles. The Bertz CT molecular complexity index is 589. The van der Waals surface area contributed by atoms with Crippen molar-refractivity contribution in [1.82, 2.24) is 9.80 Å². The second-order valence-electron chi connectivity index (χ2n) is 8.66. The van der Waals surface area contributed by atoms with Crippen LogP contribution in [-0.2, 0) is 4.74 Å². The Kier molecular flexibility index (Phi) is 5.67. The molecule has 1 aromatic rings. The first-order valence-electron chi connectivity index (χ1n) is 10.2. The van der Waals surface area contributed by atoms with E-state index in [1.54, 1.807) is 18.4 Å². The van der Waals surface area contributed by atoms with Crippen molar-refractivity contribution >= 4 is 17.2 Å². The number of carbonyl (C=O) groups is 1. The van der Waals surface area contributed by atoms with Gasteiger partial charge < -0.3 is 14.5 Å². The number of carbonyl (C=O) groups excluding carboxylic acids is 1. The maximum Gasteiger partial charge on any atom is 0.254 e. The first-order chi connectivity index (χ1) is 12.7. The van der Waals surface area contributed by atoms with E-state index in [9.17, 15) is 4.79 Å². The molecule has 3 aliphatic rings. The highest BCUT2D eigenvalue weighted by molar-refractivity contribution is 7.08. The van der Waals surface area contributed by atoms with E-state index in [4.69, 9.17) is 4.74 Å². The number of ether oxygens (including phenoxy) is 1. The molecule has 1 unspecified atom stereocenters. The lowest BCUT2D eigenvalue weighted by Crippen LogP contribution is -2.46. The highest BCUT2D eigenvalue weighted by Crippen LogP contribution is 2.45. The smallest absolute Gasteiger partial charge is 0.254 e. The molecule has 5 heteroatoms. The number of thiophene rings is 1. The van der Waals surface area contributed by atoms with Gasteiger partial charge in [-0.25, -0.2) is 0 Å². The van der Waals surface area contributed by atoms with E-state index in [0.29, 0.717) is 5.92 Å². The molecule has 1 aromatic heterocycles. The van der Waals surface area contributed by atoms with E-state index >= 15 is 0 Å². The van der Waals surface area contributed by atoms with Gasteiger partial charge in [-0.3, -0.25) is 4.79 Å². The van der Waals surface area contributed by atoms with Crippen molar-refractivity contribution in [3.8, 4) is 0 Å². The van der Waals surface area contributed by atoms with Crippen LogP contribution in [0.2, 0.25) is 0 Å². The Balaban J connectivity index is 1.40. The number of likely N-dealkylation sites (tertiary alicyclic amines) is 2. The predicted molar refractivity (Wildman–Crippen MR) is 106 cm³/mol. The van der Waals surface area contributed by atoms with Crippen molar-refractivity contribution < 1.29 is 9.53 Å². The molecule has 0 radical (unpaired) electrons. The Hall–Kier alpha value is -0.910. The molecule has 3 heterocycles. The summed E-state index contributed by atoms with van der Waals surface area (Å²) >= 11 is 1.60. The largest absolute Gasteiger partial charge is 0.384 e. The molecule has 144 valence electrons. The SMILES string of the molecule is COCC1CN(C(=O)c2ccsc2)CC12CCN(CC1CCCC1)CC2. The zero-order valence-electron chi connectivity index (χ0n) is 16.0. The molecule has 1 spiro atoms. The second-order valence-corrected chi connectivity index (χ2v) is 9.44. The monoisotopic (exact) mass is 376 g/mol. The van der Waals surface area contributed by atoms with Crippen LogP contribution in [0.5, 0.6) is 0 Å². The van der Waals surface area contributed by atoms with Gasteiger partial charge in [0.1, 0.15) is 0 Å². The lowest BCUT2D eigenvalue weighted by molar-refractivity contribution is 0.0328. The Morgan fingerprint density at radius 1 is 1.31 bits per heavy atom. The average molecular weight is 377 g/mol. The number of hydrogen-bond donors (Lipinski definition) is 0. The van der Waals surface area contributed by atoms with Crippen molar-refractivity contribution in [2.75, 3.05) is 46.4 Å². The third kappa shape index (κ3) is 3.71. The quantitative estimate of drug-likeness (QED) is 0.785. The zero-order valence-corrected chi connectivity index (χ0v) is 16.8. The zero-order chi connectivity index (χ0) is 18.0. The minimum Gasteiger partial charge on any atom is -0.384 e. The molecular formula is C21H32N2O2S. The van der Waals surface area contributed by atoms with Crippen molar-refractivity contribution in [3.05, 3.63) is 22.4 Å². The minimum atomic E-state index is 0.206. The van der Waals surface area contributed by atoms with Gasteiger partial charge in [0.15, 0.2) is 0 Å². The van der Waals surface area contributed by atoms with E-state index in [2.05, 4.69) is 9.80 Å². The molecule has 1 atom stereocenters. The van der Waals surface area contributed by atoms with E-state index in [1.165, 1.54) is 58.2 Å². The van der Waals surface area contributed by atoms with Crippen LogP contribution < -0.4 is 0 Å². The van der Waals surface area contributed by atoms with Crippen LogP contribution in [0.15, 0.2) is 16.8 Å². The van der Waals surface area contributed by atoms with Crippen LogP contribution in [0, 0.1) is 17.3 Å². The number of piperidine rings is 1. The summed E-state index contributed by atoms with van der Waals surface area (Å²) in [5, 5.41) is 3.97. The Morgan fingerprint density at radius 3 is 2.73 bits per heavy atom. The third-order valence-electron chi connectivity index (χ3n) is 7.08. The molecule has 3 fully saturated rings. The van der Waals surface area contributed by atoms with Crippen LogP contribution in [-0.4, -0.2) is 62.1 Å². The van der Waals surface area contributed by atoms with Gasteiger partial charge in [-0.05, 0) is 61.6 Å². The van der Waals surface area contributed by atoms with E-state index in [0.717, 1.165) is 31.2 Å². The number of hydrogen-bond acceptors (Lipinski definition) is 4. The molecule has 0 aromatic carbocycles. The first-order valence-corrected chi connectivity index (χ1v) is 11.2. The van der Waals surface area contributed by atoms with E-state index in [1.807, 2.05) is 16.8 Å². The molecule has 0 N–H and O–H groups in total. The number of amides is 1.